The van der Waals surface area contributed by atoms with Crippen LogP contribution in [0.25, 0.3) is 10.9 Å². The number of aromatic amines is 1. The van der Waals surface area contributed by atoms with Crippen LogP contribution in [0.5, 0.6) is 0 Å². The standard InChI is InChI=1S/C15H14N4O2S/c1-2-5-12-18-19-15(22-12)17-14(21)13(20)10-8-16-11-7-4-3-6-9(10)11/h3-4,6-8,16H,2,5H2,1H3,(H,17,19,21). The van der Waals surface area contributed by atoms with Gasteiger partial charge in [-0.15, -0.1) is 10.2 Å². The number of rotatable bonds is 5. The highest BCUT2D eigenvalue weighted by atomic mass is 32.1. The molecule has 22 heavy (non-hydrogen) atoms. The summed E-state index contributed by atoms with van der Waals surface area (Å²) in [5.74, 6) is -1.30. The van der Waals surface area contributed by atoms with E-state index in [1.54, 1.807) is 12.3 Å². The molecule has 0 aliphatic heterocycles. The lowest BCUT2D eigenvalue weighted by molar-refractivity contribution is -0.112. The molecule has 2 aromatic heterocycles. The normalized spacial score (nSPS) is 10.8. The first-order valence-corrected chi connectivity index (χ1v) is 7.75. The summed E-state index contributed by atoms with van der Waals surface area (Å²) >= 11 is 1.29. The minimum atomic E-state index is -0.705. The quantitative estimate of drug-likeness (QED) is 0.560. The molecule has 0 spiro atoms. The minimum absolute atomic E-state index is 0.349. The monoisotopic (exact) mass is 314 g/mol. The fraction of sp³-hybridized carbons (Fsp3) is 0.200. The molecular formula is C15H14N4O2S. The van der Waals surface area contributed by atoms with Crippen LogP contribution in [0.3, 0.4) is 0 Å². The van der Waals surface area contributed by atoms with Gasteiger partial charge >= 0.3 is 0 Å². The van der Waals surface area contributed by atoms with Crippen molar-refractivity contribution in [3.05, 3.63) is 41.0 Å². The summed E-state index contributed by atoms with van der Waals surface area (Å²) in [7, 11) is 0. The van der Waals surface area contributed by atoms with Crippen LogP contribution < -0.4 is 5.32 Å². The highest BCUT2D eigenvalue weighted by Gasteiger charge is 2.21. The third-order valence-corrected chi connectivity index (χ3v) is 4.09. The molecule has 0 saturated carbocycles. The van der Waals surface area contributed by atoms with Crippen molar-refractivity contribution in [2.75, 3.05) is 5.32 Å². The lowest BCUT2D eigenvalue weighted by atomic mass is 10.1. The number of nitrogens with one attached hydrogen (secondary N) is 2. The summed E-state index contributed by atoms with van der Waals surface area (Å²) in [6, 6.07) is 7.35. The van der Waals surface area contributed by atoms with Gasteiger partial charge in [-0.1, -0.05) is 36.5 Å². The van der Waals surface area contributed by atoms with Crippen molar-refractivity contribution >= 4 is 39.1 Å². The van der Waals surface area contributed by atoms with Crippen molar-refractivity contribution in [1.29, 1.82) is 0 Å². The molecule has 0 radical (unpaired) electrons. The molecule has 2 N–H and O–H groups in total. The first kappa shape index (κ1) is 14.4. The van der Waals surface area contributed by atoms with E-state index in [9.17, 15) is 9.59 Å². The van der Waals surface area contributed by atoms with Crippen LogP contribution in [-0.2, 0) is 11.2 Å². The number of hydrogen-bond acceptors (Lipinski definition) is 5. The first-order valence-electron chi connectivity index (χ1n) is 6.93. The zero-order chi connectivity index (χ0) is 15.5. The molecule has 2 heterocycles. The Labute approximate surface area is 130 Å². The van der Waals surface area contributed by atoms with Gasteiger partial charge in [-0.2, -0.15) is 0 Å². The average Bonchev–Trinajstić information content (AvgIpc) is 3.13. The summed E-state index contributed by atoms with van der Waals surface area (Å²) in [6.45, 7) is 2.04. The van der Waals surface area contributed by atoms with Gasteiger partial charge in [-0.25, -0.2) is 0 Å². The number of benzene rings is 1. The molecule has 1 aromatic carbocycles. The zero-order valence-corrected chi connectivity index (χ0v) is 12.7. The summed E-state index contributed by atoms with van der Waals surface area (Å²) in [5.41, 5.74) is 1.17. The number of aromatic nitrogens is 3. The number of anilines is 1. The van der Waals surface area contributed by atoms with Gasteiger partial charge < -0.3 is 4.98 Å². The summed E-state index contributed by atoms with van der Waals surface area (Å²) in [4.78, 5) is 27.3. The van der Waals surface area contributed by atoms with Crippen LogP contribution in [0.2, 0.25) is 0 Å². The summed E-state index contributed by atoms with van der Waals surface area (Å²) in [5, 5.41) is 12.3. The maximum Gasteiger partial charge on any atom is 0.298 e. The number of carbonyl (C=O) groups excluding carboxylic acids is 2. The van der Waals surface area contributed by atoms with Crippen LogP contribution in [0.1, 0.15) is 28.7 Å². The van der Waals surface area contributed by atoms with Gasteiger partial charge in [0.15, 0.2) is 0 Å². The molecule has 112 valence electrons. The van der Waals surface area contributed by atoms with Crippen molar-refractivity contribution in [3.63, 3.8) is 0 Å². The largest absolute Gasteiger partial charge is 0.360 e. The molecule has 6 nitrogen and oxygen atoms in total. The molecule has 0 saturated heterocycles. The predicted octanol–water partition coefficient (Wildman–Crippen LogP) is 2.79. The third kappa shape index (κ3) is 2.75. The number of para-hydroxylation sites is 1. The molecule has 0 aliphatic rings. The van der Waals surface area contributed by atoms with E-state index in [-0.39, 0.29) is 0 Å². The topological polar surface area (TPSA) is 87.7 Å². The van der Waals surface area contributed by atoms with E-state index < -0.39 is 11.7 Å². The second kappa shape index (κ2) is 6.07. The Morgan fingerprint density at radius 1 is 1.27 bits per heavy atom. The van der Waals surface area contributed by atoms with Gasteiger partial charge in [0.1, 0.15) is 5.01 Å². The number of amides is 1. The number of nitrogens with zero attached hydrogens (tertiary/aromatic N) is 2. The van der Waals surface area contributed by atoms with Crippen molar-refractivity contribution in [2.45, 2.75) is 19.8 Å². The highest BCUT2D eigenvalue weighted by molar-refractivity contribution is 7.15. The first-order chi connectivity index (χ1) is 10.7. The maximum absolute atomic E-state index is 12.3. The van der Waals surface area contributed by atoms with Crippen LogP contribution >= 0.6 is 11.3 Å². The summed E-state index contributed by atoms with van der Waals surface area (Å²) < 4.78 is 0. The molecule has 0 bridgehead atoms. The van der Waals surface area contributed by atoms with Gasteiger partial charge in [0, 0.05) is 23.5 Å². The number of ketones is 1. The Balaban J connectivity index is 1.78. The van der Waals surface area contributed by atoms with Gasteiger partial charge in [-0.05, 0) is 12.5 Å². The Kier molecular flexibility index (Phi) is 3.97. The number of Topliss-reactive ketones (excluding diaryl/α,β-unsaturated/α-hetero) is 1. The highest BCUT2D eigenvalue weighted by Crippen LogP contribution is 2.20. The number of aryl methyl sites for hydroxylation is 1. The summed E-state index contributed by atoms with van der Waals surface area (Å²) in [6.07, 6.45) is 3.32. The number of hydrogen-bond donors (Lipinski definition) is 2. The van der Waals surface area contributed by atoms with Crippen LogP contribution in [0.15, 0.2) is 30.5 Å². The third-order valence-electron chi connectivity index (χ3n) is 3.19. The Morgan fingerprint density at radius 3 is 2.91 bits per heavy atom. The molecule has 0 atom stereocenters. The molecule has 7 heteroatoms. The van der Waals surface area contributed by atoms with Gasteiger partial charge in [-0.3, -0.25) is 14.9 Å². The van der Waals surface area contributed by atoms with Crippen LogP contribution in [0.4, 0.5) is 5.13 Å². The van der Waals surface area contributed by atoms with E-state index in [0.717, 1.165) is 28.8 Å². The molecule has 0 aliphatic carbocycles. The van der Waals surface area contributed by atoms with E-state index >= 15 is 0 Å². The molecule has 1 amide bonds. The smallest absolute Gasteiger partial charge is 0.298 e. The van der Waals surface area contributed by atoms with E-state index in [4.69, 9.17) is 0 Å². The Bertz CT molecular complexity index is 837. The molecule has 0 fully saturated rings. The van der Waals surface area contributed by atoms with Crippen molar-refractivity contribution in [2.24, 2.45) is 0 Å². The predicted molar refractivity (Wildman–Crippen MR) is 85.2 cm³/mol. The number of H-pyrrole nitrogens is 1. The maximum atomic E-state index is 12.3. The second-order valence-electron chi connectivity index (χ2n) is 4.78. The van der Waals surface area contributed by atoms with Gasteiger partial charge in [0.2, 0.25) is 5.13 Å². The van der Waals surface area contributed by atoms with Gasteiger partial charge in [0.25, 0.3) is 11.7 Å². The van der Waals surface area contributed by atoms with E-state index in [1.165, 1.54) is 11.3 Å². The minimum Gasteiger partial charge on any atom is -0.360 e. The van der Waals surface area contributed by atoms with Crippen molar-refractivity contribution in [3.8, 4) is 0 Å². The Hall–Kier alpha value is -2.54. The lowest BCUT2D eigenvalue weighted by Gasteiger charge is -1.99. The second-order valence-corrected chi connectivity index (χ2v) is 5.84. The number of carbonyl (C=O) groups is 2. The molecule has 3 aromatic rings. The van der Waals surface area contributed by atoms with E-state index in [1.807, 2.05) is 25.1 Å². The molecule has 3 rings (SSSR count). The fourth-order valence-electron chi connectivity index (χ4n) is 2.15. The van der Waals surface area contributed by atoms with E-state index in [0.29, 0.717) is 10.7 Å². The van der Waals surface area contributed by atoms with Crippen LogP contribution in [-0.4, -0.2) is 26.9 Å². The van der Waals surface area contributed by atoms with Crippen molar-refractivity contribution in [1.82, 2.24) is 15.2 Å². The molecular weight excluding hydrogens is 300 g/mol. The van der Waals surface area contributed by atoms with Crippen LogP contribution in [0, 0.1) is 0 Å². The number of fused-ring (bicyclic) bond motifs is 1. The lowest BCUT2D eigenvalue weighted by Crippen LogP contribution is -2.22. The fourth-order valence-corrected chi connectivity index (χ4v) is 2.99. The van der Waals surface area contributed by atoms with Crippen molar-refractivity contribution < 1.29 is 9.59 Å². The van der Waals surface area contributed by atoms with Gasteiger partial charge in [0.05, 0.1) is 5.56 Å². The average molecular weight is 314 g/mol. The van der Waals surface area contributed by atoms with E-state index in [2.05, 4.69) is 20.5 Å². The Morgan fingerprint density at radius 2 is 2.09 bits per heavy atom. The zero-order valence-electron chi connectivity index (χ0n) is 11.9. The SMILES string of the molecule is CCCc1nnc(NC(=O)C(=O)c2c[nH]c3ccccc23)s1. The molecule has 0 unspecified atom stereocenters.